The predicted molar refractivity (Wildman–Crippen MR) is 112 cm³/mol. The monoisotopic (exact) mass is 458 g/mol. The summed E-state index contributed by atoms with van der Waals surface area (Å²) in [6.07, 6.45) is 0.383. The van der Waals surface area contributed by atoms with Crippen molar-refractivity contribution in [1.29, 1.82) is 0 Å². The second-order valence-electron chi connectivity index (χ2n) is 6.85. The van der Waals surface area contributed by atoms with Crippen molar-refractivity contribution < 1.29 is 17.9 Å². The Morgan fingerprint density at radius 1 is 1.34 bits per heavy atom. The Kier molecular flexibility index (Phi) is 4.82. The van der Waals surface area contributed by atoms with E-state index in [0.29, 0.717) is 11.0 Å². The molecule has 12 heteroatoms. The summed E-state index contributed by atoms with van der Waals surface area (Å²) in [6.45, 7) is 0.938. The SMILES string of the molecule is Cc1cc2cn[nH]c2c2c(=O)oc(-c3cc(OCC(F)F)nn3-c3ncccc3Cl)nc12. The largest absolute Gasteiger partial charge is 0.471 e. The van der Waals surface area contributed by atoms with Gasteiger partial charge in [-0.25, -0.2) is 28.2 Å². The van der Waals surface area contributed by atoms with Gasteiger partial charge in [0.2, 0.25) is 11.8 Å². The lowest BCUT2D eigenvalue weighted by molar-refractivity contribution is 0.0794. The van der Waals surface area contributed by atoms with E-state index in [1.165, 1.54) is 16.9 Å². The van der Waals surface area contributed by atoms with E-state index in [1.807, 2.05) is 6.07 Å². The van der Waals surface area contributed by atoms with Crippen LogP contribution < -0.4 is 10.4 Å². The maximum Gasteiger partial charge on any atom is 0.349 e. The predicted octanol–water partition coefficient (Wildman–Crippen LogP) is 3.92. The van der Waals surface area contributed by atoms with Crippen LogP contribution in [0, 0.1) is 6.92 Å². The molecule has 5 aromatic rings. The molecule has 0 spiro atoms. The molecule has 5 rings (SSSR count). The molecular weight excluding hydrogens is 446 g/mol. The van der Waals surface area contributed by atoms with E-state index in [0.717, 1.165) is 10.9 Å². The third-order valence-electron chi connectivity index (χ3n) is 4.71. The van der Waals surface area contributed by atoms with Crippen LogP contribution in [0.15, 0.2) is 45.9 Å². The van der Waals surface area contributed by atoms with Crippen LogP contribution in [0.4, 0.5) is 8.78 Å². The Labute approximate surface area is 182 Å². The average Bonchev–Trinajstić information content (AvgIpc) is 3.39. The van der Waals surface area contributed by atoms with Gasteiger partial charge in [0.1, 0.15) is 11.1 Å². The standard InChI is InChI=1S/C20H13ClF2N6O3/c1-9-5-10-7-25-27-17(10)15-16(9)26-19(32-20(15)30)12-6-14(31-8-13(22)23)28-29(12)18-11(21)3-2-4-24-18/h2-7,13H,8H2,1H3,(H,25,27). The molecule has 32 heavy (non-hydrogen) atoms. The Hall–Kier alpha value is -3.86. The molecule has 0 radical (unpaired) electrons. The molecule has 0 bridgehead atoms. The summed E-state index contributed by atoms with van der Waals surface area (Å²) in [4.78, 5) is 21.6. The number of hydrogen-bond donors (Lipinski definition) is 1. The number of ether oxygens (including phenoxy) is 1. The van der Waals surface area contributed by atoms with Crippen molar-refractivity contribution in [3.05, 3.63) is 57.7 Å². The van der Waals surface area contributed by atoms with Gasteiger partial charge in [0.25, 0.3) is 6.43 Å². The molecular formula is C20H13ClF2N6O3. The first-order valence-corrected chi connectivity index (χ1v) is 9.70. The first kappa shape index (κ1) is 20.1. The Morgan fingerprint density at radius 3 is 2.97 bits per heavy atom. The number of aromatic nitrogens is 6. The molecule has 162 valence electrons. The number of aryl methyl sites for hydroxylation is 1. The number of halogens is 3. The van der Waals surface area contributed by atoms with E-state index >= 15 is 0 Å². The van der Waals surface area contributed by atoms with E-state index in [2.05, 4.69) is 25.3 Å². The Bertz CT molecular complexity index is 1530. The lowest BCUT2D eigenvalue weighted by Crippen LogP contribution is -2.09. The molecule has 1 N–H and O–H groups in total. The van der Waals surface area contributed by atoms with Crippen LogP contribution in [-0.2, 0) is 0 Å². The number of aromatic amines is 1. The number of nitrogens with one attached hydrogen (secondary N) is 1. The minimum Gasteiger partial charge on any atom is -0.471 e. The van der Waals surface area contributed by atoms with Gasteiger partial charge in [-0.3, -0.25) is 5.10 Å². The Balaban J connectivity index is 1.75. The van der Waals surface area contributed by atoms with Gasteiger partial charge in [-0.1, -0.05) is 11.6 Å². The van der Waals surface area contributed by atoms with Crippen molar-refractivity contribution in [2.24, 2.45) is 0 Å². The van der Waals surface area contributed by atoms with Crippen molar-refractivity contribution in [2.75, 3.05) is 6.61 Å². The zero-order chi connectivity index (χ0) is 22.4. The van der Waals surface area contributed by atoms with E-state index in [-0.39, 0.29) is 33.7 Å². The number of pyridine rings is 1. The second-order valence-corrected chi connectivity index (χ2v) is 7.26. The highest BCUT2D eigenvalue weighted by Gasteiger charge is 2.22. The quantitative estimate of drug-likeness (QED) is 0.425. The molecule has 9 nitrogen and oxygen atoms in total. The molecule has 4 aromatic heterocycles. The first-order valence-electron chi connectivity index (χ1n) is 9.32. The molecule has 0 saturated carbocycles. The van der Waals surface area contributed by atoms with Crippen molar-refractivity contribution in [2.45, 2.75) is 13.3 Å². The van der Waals surface area contributed by atoms with Crippen molar-refractivity contribution in [3.63, 3.8) is 0 Å². The van der Waals surface area contributed by atoms with Crippen LogP contribution in [0.25, 0.3) is 39.2 Å². The summed E-state index contributed by atoms with van der Waals surface area (Å²) in [6, 6.07) is 6.37. The Morgan fingerprint density at radius 2 is 2.19 bits per heavy atom. The van der Waals surface area contributed by atoms with E-state index < -0.39 is 18.7 Å². The topological polar surface area (TPSA) is 112 Å². The molecule has 0 atom stereocenters. The van der Waals surface area contributed by atoms with Crippen LogP contribution in [0.1, 0.15) is 5.56 Å². The summed E-state index contributed by atoms with van der Waals surface area (Å²) < 4.78 is 37.0. The summed E-state index contributed by atoms with van der Waals surface area (Å²) in [5.41, 5.74) is 1.11. The van der Waals surface area contributed by atoms with Gasteiger partial charge in [-0.2, -0.15) is 5.10 Å². The average molecular weight is 459 g/mol. The van der Waals surface area contributed by atoms with E-state index in [4.69, 9.17) is 20.8 Å². The molecule has 1 aromatic carbocycles. The van der Waals surface area contributed by atoms with Crippen LogP contribution in [0.2, 0.25) is 5.02 Å². The van der Waals surface area contributed by atoms with Gasteiger partial charge in [-0.15, -0.1) is 5.10 Å². The lowest BCUT2D eigenvalue weighted by Gasteiger charge is -2.08. The van der Waals surface area contributed by atoms with Gasteiger partial charge >= 0.3 is 5.63 Å². The van der Waals surface area contributed by atoms with Crippen LogP contribution in [0.3, 0.4) is 0 Å². The number of hydrogen-bond acceptors (Lipinski definition) is 7. The van der Waals surface area contributed by atoms with Gasteiger partial charge in [-0.05, 0) is 30.7 Å². The summed E-state index contributed by atoms with van der Waals surface area (Å²) in [5, 5.41) is 12.1. The summed E-state index contributed by atoms with van der Waals surface area (Å²) >= 11 is 6.25. The molecule has 0 aliphatic rings. The zero-order valence-electron chi connectivity index (χ0n) is 16.3. The van der Waals surface area contributed by atoms with Crippen molar-refractivity contribution in [3.8, 4) is 23.3 Å². The van der Waals surface area contributed by atoms with Gasteiger partial charge in [0.15, 0.2) is 12.4 Å². The zero-order valence-corrected chi connectivity index (χ0v) is 17.1. The van der Waals surface area contributed by atoms with Gasteiger partial charge < -0.3 is 9.15 Å². The number of fused-ring (bicyclic) bond motifs is 3. The minimum atomic E-state index is -2.70. The normalized spacial score (nSPS) is 11.7. The van der Waals surface area contributed by atoms with Crippen molar-refractivity contribution >= 4 is 33.4 Å². The number of alkyl halides is 2. The van der Waals surface area contributed by atoms with Gasteiger partial charge in [0.05, 0.1) is 22.3 Å². The minimum absolute atomic E-state index is 0.106. The molecule has 0 aliphatic heterocycles. The highest BCUT2D eigenvalue weighted by molar-refractivity contribution is 6.32. The number of nitrogens with zero attached hydrogens (tertiary/aromatic N) is 5. The maximum absolute atomic E-state index is 12.9. The highest BCUT2D eigenvalue weighted by Crippen LogP contribution is 2.30. The molecule has 4 heterocycles. The summed E-state index contributed by atoms with van der Waals surface area (Å²) in [5.74, 6) is -0.0563. The lowest BCUT2D eigenvalue weighted by atomic mass is 10.1. The number of H-pyrrole nitrogens is 1. The van der Waals surface area contributed by atoms with E-state index in [9.17, 15) is 13.6 Å². The van der Waals surface area contributed by atoms with Crippen LogP contribution in [-0.4, -0.2) is 43.0 Å². The fraction of sp³-hybridized carbons (Fsp3) is 0.150. The fourth-order valence-electron chi connectivity index (χ4n) is 3.36. The van der Waals surface area contributed by atoms with Crippen LogP contribution >= 0.6 is 11.6 Å². The second kappa shape index (κ2) is 7.68. The molecule has 0 unspecified atom stereocenters. The third kappa shape index (κ3) is 3.36. The summed E-state index contributed by atoms with van der Waals surface area (Å²) in [7, 11) is 0. The fourth-order valence-corrected chi connectivity index (χ4v) is 3.56. The molecule has 0 aliphatic carbocycles. The molecule has 0 fully saturated rings. The first-order chi connectivity index (χ1) is 15.4. The van der Waals surface area contributed by atoms with Crippen molar-refractivity contribution in [1.82, 2.24) is 29.9 Å². The molecule has 0 saturated heterocycles. The smallest absolute Gasteiger partial charge is 0.349 e. The number of benzene rings is 1. The third-order valence-corrected chi connectivity index (χ3v) is 5.01. The number of rotatable bonds is 5. The van der Waals surface area contributed by atoms with Gasteiger partial charge in [0, 0.05) is 17.6 Å². The molecule has 0 amide bonds. The van der Waals surface area contributed by atoms with E-state index in [1.54, 1.807) is 25.3 Å². The highest BCUT2D eigenvalue weighted by atomic mass is 35.5. The maximum atomic E-state index is 12.9. The van der Waals surface area contributed by atoms with Crippen LogP contribution in [0.5, 0.6) is 5.88 Å².